The molecule has 0 aromatic heterocycles. The SMILES string of the molecule is CNCC1(CN2CC(C)OC(C)(C)C2)CCCCCC1. The third-order valence-corrected chi connectivity index (χ3v) is 4.91. The largest absolute Gasteiger partial charge is 0.370 e. The lowest BCUT2D eigenvalue weighted by Crippen LogP contribution is -2.55. The van der Waals surface area contributed by atoms with E-state index < -0.39 is 0 Å². The van der Waals surface area contributed by atoms with E-state index in [4.69, 9.17) is 4.74 Å². The monoisotopic (exact) mass is 282 g/mol. The molecule has 0 aromatic rings. The van der Waals surface area contributed by atoms with Crippen LogP contribution >= 0.6 is 0 Å². The summed E-state index contributed by atoms with van der Waals surface area (Å²) in [7, 11) is 2.11. The first-order valence-electron chi connectivity index (χ1n) is 8.50. The standard InChI is InChI=1S/C17H34N2O/c1-15-11-19(13-16(2,3)20-15)14-17(12-18-4)9-7-5-6-8-10-17/h15,18H,5-14H2,1-4H3. The van der Waals surface area contributed by atoms with Crippen molar-refractivity contribution in [3.63, 3.8) is 0 Å². The molecule has 2 aliphatic rings. The van der Waals surface area contributed by atoms with Crippen LogP contribution in [0.4, 0.5) is 0 Å². The Morgan fingerprint density at radius 3 is 2.35 bits per heavy atom. The highest BCUT2D eigenvalue weighted by Crippen LogP contribution is 2.36. The van der Waals surface area contributed by atoms with Gasteiger partial charge in [0.2, 0.25) is 0 Å². The van der Waals surface area contributed by atoms with E-state index in [1.165, 1.54) is 51.6 Å². The molecule has 0 spiro atoms. The number of nitrogens with zero attached hydrogens (tertiary/aromatic N) is 1. The molecular weight excluding hydrogens is 248 g/mol. The molecule has 1 heterocycles. The van der Waals surface area contributed by atoms with E-state index in [9.17, 15) is 0 Å². The Kier molecular flexibility index (Phi) is 5.49. The summed E-state index contributed by atoms with van der Waals surface area (Å²) in [6.45, 7) is 11.2. The van der Waals surface area contributed by atoms with E-state index in [-0.39, 0.29) is 5.60 Å². The van der Waals surface area contributed by atoms with Crippen LogP contribution in [0.5, 0.6) is 0 Å². The number of morpholine rings is 1. The van der Waals surface area contributed by atoms with Gasteiger partial charge in [0.1, 0.15) is 0 Å². The van der Waals surface area contributed by atoms with E-state index in [2.05, 4.69) is 38.0 Å². The van der Waals surface area contributed by atoms with Crippen LogP contribution < -0.4 is 5.32 Å². The highest BCUT2D eigenvalue weighted by Gasteiger charge is 2.37. The molecule has 1 N–H and O–H groups in total. The topological polar surface area (TPSA) is 24.5 Å². The van der Waals surface area contributed by atoms with Gasteiger partial charge in [0.15, 0.2) is 0 Å². The minimum Gasteiger partial charge on any atom is -0.370 e. The minimum absolute atomic E-state index is 0.00320. The molecule has 118 valence electrons. The first-order valence-corrected chi connectivity index (χ1v) is 8.50. The highest BCUT2D eigenvalue weighted by molar-refractivity contribution is 4.90. The van der Waals surface area contributed by atoms with Crippen LogP contribution in [0.1, 0.15) is 59.3 Å². The zero-order valence-corrected chi connectivity index (χ0v) is 14.0. The lowest BCUT2D eigenvalue weighted by atomic mass is 9.79. The molecule has 20 heavy (non-hydrogen) atoms. The molecule has 0 aromatic carbocycles. The number of ether oxygens (including phenoxy) is 1. The molecule has 3 heteroatoms. The van der Waals surface area contributed by atoms with Gasteiger partial charge in [0.05, 0.1) is 11.7 Å². The summed E-state index contributed by atoms with van der Waals surface area (Å²) in [6, 6.07) is 0. The van der Waals surface area contributed by atoms with Crippen molar-refractivity contribution in [1.29, 1.82) is 0 Å². The van der Waals surface area contributed by atoms with Gasteiger partial charge >= 0.3 is 0 Å². The van der Waals surface area contributed by atoms with Crippen molar-refractivity contribution in [2.45, 2.75) is 71.0 Å². The molecule has 1 unspecified atom stereocenters. The zero-order chi connectivity index (χ0) is 14.6. The molecule has 0 bridgehead atoms. The zero-order valence-electron chi connectivity index (χ0n) is 14.0. The number of hydrogen-bond donors (Lipinski definition) is 1. The Morgan fingerprint density at radius 2 is 1.80 bits per heavy atom. The first kappa shape index (κ1) is 16.3. The maximum Gasteiger partial charge on any atom is 0.0757 e. The van der Waals surface area contributed by atoms with E-state index >= 15 is 0 Å². The van der Waals surface area contributed by atoms with Crippen molar-refractivity contribution < 1.29 is 4.74 Å². The smallest absolute Gasteiger partial charge is 0.0757 e. The predicted molar refractivity (Wildman–Crippen MR) is 85.1 cm³/mol. The van der Waals surface area contributed by atoms with E-state index in [0.29, 0.717) is 11.5 Å². The van der Waals surface area contributed by atoms with Crippen LogP contribution in [0.2, 0.25) is 0 Å². The van der Waals surface area contributed by atoms with Crippen LogP contribution in [-0.2, 0) is 4.74 Å². The normalized spacial score (nSPS) is 30.9. The molecule has 1 aliphatic carbocycles. The molecule has 1 aliphatic heterocycles. The molecular formula is C17H34N2O. The Bertz CT molecular complexity index is 295. The Morgan fingerprint density at radius 1 is 1.15 bits per heavy atom. The maximum absolute atomic E-state index is 6.05. The summed E-state index contributed by atoms with van der Waals surface area (Å²) in [4.78, 5) is 2.66. The summed E-state index contributed by atoms with van der Waals surface area (Å²) >= 11 is 0. The number of rotatable bonds is 4. The van der Waals surface area contributed by atoms with Crippen LogP contribution in [0.25, 0.3) is 0 Å². The maximum atomic E-state index is 6.05. The fourth-order valence-corrected chi connectivity index (χ4v) is 4.42. The molecule has 2 fully saturated rings. The second-order valence-corrected chi connectivity index (χ2v) is 7.80. The third-order valence-electron chi connectivity index (χ3n) is 4.91. The van der Waals surface area contributed by atoms with Gasteiger partial charge in [-0.15, -0.1) is 0 Å². The lowest BCUT2D eigenvalue weighted by molar-refractivity contribution is -0.135. The molecule has 0 radical (unpaired) electrons. The van der Waals surface area contributed by atoms with Gasteiger partial charge in [0, 0.05) is 26.2 Å². The Labute approximate surface area is 125 Å². The lowest BCUT2D eigenvalue weighted by Gasteiger charge is -2.46. The summed E-state index contributed by atoms with van der Waals surface area (Å²) in [6.07, 6.45) is 8.80. The van der Waals surface area contributed by atoms with Crippen molar-refractivity contribution in [2.24, 2.45) is 5.41 Å². The predicted octanol–water partition coefficient (Wildman–Crippen LogP) is 3.05. The minimum atomic E-state index is 0.00320. The summed E-state index contributed by atoms with van der Waals surface area (Å²) in [5.74, 6) is 0. The van der Waals surface area contributed by atoms with Gasteiger partial charge in [-0.25, -0.2) is 0 Å². The second kappa shape index (κ2) is 6.76. The van der Waals surface area contributed by atoms with Gasteiger partial charge in [-0.2, -0.15) is 0 Å². The third kappa shape index (κ3) is 4.44. The van der Waals surface area contributed by atoms with E-state index in [0.717, 1.165) is 13.1 Å². The molecule has 1 atom stereocenters. The molecule has 2 rings (SSSR count). The average molecular weight is 282 g/mol. The Hall–Kier alpha value is -0.120. The number of nitrogens with one attached hydrogen (secondary N) is 1. The van der Waals surface area contributed by atoms with E-state index in [1.807, 2.05) is 0 Å². The highest BCUT2D eigenvalue weighted by atomic mass is 16.5. The fourth-order valence-electron chi connectivity index (χ4n) is 4.42. The summed E-state index contributed by atoms with van der Waals surface area (Å²) < 4.78 is 6.05. The van der Waals surface area contributed by atoms with Crippen LogP contribution in [0.3, 0.4) is 0 Å². The summed E-state index contributed by atoms with van der Waals surface area (Å²) in [5.41, 5.74) is 0.488. The van der Waals surface area contributed by atoms with Crippen molar-refractivity contribution in [3.8, 4) is 0 Å². The van der Waals surface area contributed by atoms with Crippen LogP contribution in [-0.4, -0.2) is 49.8 Å². The van der Waals surface area contributed by atoms with Gasteiger partial charge in [-0.3, -0.25) is 4.90 Å². The molecule has 1 saturated carbocycles. The van der Waals surface area contributed by atoms with Crippen LogP contribution in [0.15, 0.2) is 0 Å². The van der Waals surface area contributed by atoms with Gasteiger partial charge < -0.3 is 10.1 Å². The quantitative estimate of drug-likeness (QED) is 0.802. The second-order valence-electron chi connectivity index (χ2n) is 7.80. The van der Waals surface area contributed by atoms with Crippen molar-refractivity contribution in [1.82, 2.24) is 10.2 Å². The summed E-state index contributed by atoms with van der Waals surface area (Å²) in [5, 5.41) is 3.47. The van der Waals surface area contributed by atoms with Crippen molar-refractivity contribution in [3.05, 3.63) is 0 Å². The Balaban J connectivity index is 2.03. The number of hydrogen-bond acceptors (Lipinski definition) is 3. The fraction of sp³-hybridized carbons (Fsp3) is 1.00. The molecule has 0 amide bonds. The first-order chi connectivity index (χ1) is 9.45. The molecule has 1 saturated heterocycles. The van der Waals surface area contributed by atoms with Crippen LogP contribution in [0, 0.1) is 5.41 Å². The van der Waals surface area contributed by atoms with E-state index in [1.54, 1.807) is 0 Å². The molecule has 3 nitrogen and oxygen atoms in total. The average Bonchev–Trinajstić information content (AvgIpc) is 2.52. The van der Waals surface area contributed by atoms with Gasteiger partial charge in [-0.05, 0) is 46.1 Å². The van der Waals surface area contributed by atoms with Crippen molar-refractivity contribution >= 4 is 0 Å². The van der Waals surface area contributed by atoms with Crippen molar-refractivity contribution in [2.75, 3.05) is 33.2 Å². The van der Waals surface area contributed by atoms with Gasteiger partial charge in [0.25, 0.3) is 0 Å². The van der Waals surface area contributed by atoms with Gasteiger partial charge in [-0.1, -0.05) is 25.7 Å².